The van der Waals surface area contributed by atoms with Gasteiger partial charge in [-0.2, -0.15) is 5.26 Å². The van der Waals surface area contributed by atoms with Crippen molar-refractivity contribution in [2.45, 2.75) is 26.8 Å². The highest BCUT2D eigenvalue weighted by Crippen LogP contribution is 2.25. The van der Waals surface area contributed by atoms with Crippen molar-refractivity contribution in [1.29, 1.82) is 5.26 Å². The summed E-state index contributed by atoms with van der Waals surface area (Å²) in [4.78, 5) is 27.1. The second-order valence-electron chi connectivity index (χ2n) is 6.14. The van der Waals surface area contributed by atoms with E-state index >= 15 is 0 Å². The minimum Gasteiger partial charge on any atom is -0.494 e. The molecule has 146 valence electrons. The normalized spacial score (nSPS) is 10.9. The van der Waals surface area contributed by atoms with E-state index in [-0.39, 0.29) is 29.2 Å². The molecule has 0 aliphatic rings. The summed E-state index contributed by atoms with van der Waals surface area (Å²) in [7, 11) is 1.53. The molecule has 0 radical (unpaired) electrons. The molecule has 1 heterocycles. The topological polar surface area (TPSA) is 131 Å². The van der Waals surface area contributed by atoms with Crippen LogP contribution in [0.1, 0.15) is 28.7 Å². The average Bonchev–Trinajstić information content (AvgIpc) is 2.65. The number of pyridine rings is 1. The summed E-state index contributed by atoms with van der Waals surface area (Å²) in [6.45, 7) is 3.82. The molecule has 1 N–H and O–H groups in total. The Hall–Kier alpha value is -3.51. The summed E-state index contributed by atoms with van der Waals surface area (Å²) < 4.78 is 6.08. The smallest absolute Gasteiger partial charge is 0.271 e. The number of nitro groups is 1. The molecule has 2 aromatic rings. The van der Waals surface area contributed by atoms with Crippen LogP contribution in [0.15, 0.2) is 28.0 Å². The van der Waals surface area contributed by atoms with Gasteiger partial charge >= 0.3 is 0 Å². The number of nitrogens with zero attached hydrogens (tertiary/aromatic N) is 4. The lowest BCUT2D eigenvalue weighted by atomic mass is 10.1. The second kappa shape index (κ2) is 8.92. The monoisotopic (exact) mass is 384 g/mol. The SMILES string of the molecule is COCCCn1c(O)c(C=Nc2ccc([N+](=O)[O-])cc2C)c(C)c(C#N)c1=O. The quantitative estimate of drug-likeness (QED) is 0.338. The van der Waals surface area contributed by atoms with E-state index in [2.05, 4.69) is 4.99 Å². The molecule has 0 saturated heterocycles. The van der Waals surface area contributed by atoms with Crippen LogP contribution in [0, 0.1) is 35.3 Å². The average molecular weight is 384 g/mol. The van der Waals surface area contributed by atoms with E-state index in [1.165, 1.54) is 31.5 Å². The number of nitriles is 1. The summed E-state index contributed by atoms with van der Waals surface area (Å²) in [6.07, 6.45) is 1.84. The molecule has 0 atom stereocenters. The van der Waals surface area contributed by atoms with E-state index in [0.29, 0.717) is 29.8 Å². The van der Waals surface area contributed by atoms with Crippen molar-refractivity contribution in [3.05, 3.63) is 60.9 Å². The molecular formula is C19H20N4O5. The second-order valence-corrected chi connectivity index (χ2v) is 6.14. The van der Waals surface area contributed by atoms with Gasteiger partial charge in [-0.25, -0.2) is 0 Å². The highest BCUT2D eigenvalue weighted by Gasteiger charge is 2.18. The molecule has 1 aromatic heterocycles. The Kier molecular flexibility index (Phi) is 6.63. The Bertz CT molecular complexity index is 1030. The molecule has 0 saturated carbocycles. The lowest BCUT2D eigenvalue weighted by molar-refractivity contribution is -0.384. The minimum atomic E-state index is -0.572. The molecular weight excluding hydrogens is 364 g/mol. The van der Waals surface area contributed by atoms with E-state index in [1.807, 2.05) is 6.07 Å². The Balaban J connectivity index is 2.52. The summed E-state index contributed by atoms with van der Waals surface area (Å²) in [5.74, 6) is -0.291. The number of benzene rings is 1. The molecule has 0 aliphatic heterocycles. The molecule has 28 heavy (non-hydrogen) atoms. The predicted octanol–water partition coefficient (Wildman–Crippen LogP) is 2.74. The van der Waals surface area contributed by atoms with Crippen molar-refractivity contribution in [3.63, 3.8) is 0 Å². The number of non-ortho nitro benzene ring substituents is 1. The zero-order valence-electron chi connectivity index (χ0n) is 15.8. The third-order valence-electron chi connectivity index (χ3n) is 4.30. The molecule has 2 rings (SSSR count). The number of ether oxygens (including phenoxy) is 1. The number of aliphatic imine (C=N–C) groups is 1. The predicted molar refractivity (Wildman–Crippen MR) is 103 cm³/mol. The van der Waals surface area contributed by atoms with Crippen molar-refractivity contribution < 1.29 is 14.8 Å². The first-order valence-electron chi connectivity index (χ1n) is 8.46. The number of aromatic hydroxyl groups is 1. The van der Waals surface area contributed by atoms with Crippen LogP contribution in [0.4, 0.5) is 11.4 Å². The summed E-state index contributed by atoms with van der Waals surface area (Å²) in [5, 5.41) is 30.8. The van der Waals surface area contributed by atoms with Gasteiger partial charge in [-0.1, -0.05) is 0 Å². The Morgan fingerprint density at radius 3 is 2.71 bits per heavy atom. The minimum absolute atomic E-state index is 0.0473. The highest BCUT2D eigenvalue weighted by molar-refractivity contribution is 5.87. The van der Waals surface area contributed by atoms with Gasteiger partial charge in [0.25, 0.3) is 11.2 Å². The fourth-order valence-corrected chi connectivity index (χ4v) is 2.73. The van der Waals surface area contributed by atoms with Gasteiger partial charge in [0.1, 0.15) is 11.6 Å². The standard InChI is InChI=1S/C19H20N4O5/c1-12-9-14(23(26)27)5-6-17(12)21-11-16-13(2)15(10-20)18(24)22(19(16)25)7-4-8-28-3/h5-6,9,11,25H,4,7-8H2,1-3H3. The van der Waals surface area contributed by atoms with Gasteiger partial charge in [-0.3, -0.25) is 24.5 Å². The van der Waals surface area contributed by atoms with Crippen LogP contribution in [0.25, 0.3) is 0 Å². The van der Waals surface area contributed by atoms with Gasteiger partial charge in [0.2, 0.25) is 5.88 Å². The van der Waals surface area contributed by atoms with Crippen LogP contribution in [-0.2, 0) is 11.3 Å². The van der Waals surface area contributed by atoms with Crippen LogP contribution < -0.4 is 5.56 Å². The van der Waals surface area contributed by atoms with Crippen molar-refractivity contribution in [1.82, 2.24) is 4.57 Å². The Morgan fingerprint density at radius 1 is 1.43 bits per heavy atom. The molecule has 0 spiro atoms. The van der Waals surface area contributed by atoms with Gasteiger partial charge in [0.05, 0.1) is 16.2 Å². The van der Waals surface area contributed by atoms with Crippen molar-refractivity contribution in [2.24, 2.45) is 4.99 Å². The summed E-state index contributed by atoms with van der Waals surface area (Å²) >= 11 is 0. The Morgan fingerprint density at radius 2 is 2.14 bits per heavy atom. The van der Waals surface area contributed by atoms with Crippen LogP contribution in [0.5, 0.6) is 5.88 Å². The van der Waals surface area contributed by atoms with Crippen LogP contribution in [0.2, 0.25) is 0 Å². The fourth-order valence-electron chi connectivity index (χ4n) is 2.73. The summed E-state index contributed by atoms with van der Waals surface area (Å²) in [6, 6.07) is 6.10. The van der Waals surface area contributed by atoms with E-state index in [1.54, 1.807) is 13.8 Å². The van der Waals surface area contributed by atoms with Crippen LogP contribution in [-0.4, -0.2) is 34.5 Å². The van der Waals surface area contributed by atoms with Crippen molar-refractivity contribution >= 4 is 17.6 Å². The third-order valence-corrected chi connectivity index (χ3v) is 4.30. The molecule has 0 amide bonds. The first-order valence-corrected chi connectivity index (χ1v) is 8.46. The zero-order valence-corrected chi connectivity index (χ0v) is 15.8. The zero-order chi connectivity index (χ0) is 20.8. The fraction of sp³-hybridized carbons (Fsp3) is 0.316. The largest absolute Gasteiger partial charge is 0.494 e. The van der Waals surface area contributed by atoms with Crippen LogP contribution >= 0.6 is 0 Å². The lowest BCUT2D eigenvalue weighted by Crippen LogP contribution is -2.26. The molecule has 9 nitrogen and oxygen atoms in total. The molecule has 0 unspecified atom stereocenters. The number of hydrogen-bond acceptors (Lipinski definition) is 7. The van der Waals surface area contributed by atoms with Gasteiger partial charge in [-0.15, -0.1) is 0 Å². The number of aryl methyl sites for hydroxylation is 1. The third kappa shape index (κ3) is 4.24. The number of hydrogen-bond donors (Lipinski definition) is 1. The number of rotatable bonds is 7. The molecule has 9 heteroatoms. The first-order chi connectivity index (χ1) is 13.3. The van der Waals surface area contributed by atoms with Gasteiger partial charge in [0, 0.05) is 38.6 Å². The first kappa shape index (κ1) is 20.8. The number of nitro benzene ring substituents is 1. The molecule has 0 bridgehead atoms. The van der Waals surface area contributed by atoms with E-state index < -0.39 is 10.5 Å². The van der Waals surface area contributed by atoms with E-state index in [9.17, 15) is 25.3 Å². The lowest BCUT2D eigenvalue weighted by Gasteiger charge is -2.13. The Labute approximate surface area is 161 Å². The molecule has 0 aliphatic carbocycles. The van der Waals surface area contributed by atoms with Crippen LogP contribution in [0.3, 0.4) is 0 Å². The van der Waals surface area contributed by atoms with E-state index in [0.717, 1.165) is 4.57 Å². The number of methoxy groups -OCH3 is 1. The maximum atomic E-state index is 12.4. The molecule has 0 fully saturated rings. The van der Waals surface area contributed by atoms with Gasteiger partial charge in [0.15, 0.2) is 0 Å². The number of aromatic nitrogens is 1. The van der Waals surface area contributed by atoms with Gasteiger partial charge < -0.3 is 9.84 Å². The highest BCUT2D eigenvalue weighted by atomic mass is 16.6. The molecule has 1 aromatic carbocycles. The maximum Gasteiger partial charge on any atom is 0.271 e. The van der Waals surface area contributed by atoms with Crippen molar-refractivity contribution in [2.75, 3.05) is 13.7 Å². The summed E-state index contributed by atoms with van der Waals surface area (Å²) in [5.41, 5.74) is 0.919. The maximum absolute atomic E-state index is 12.4. The van der Waals surface area contributed by atoms with E-state index in [4.69, 9.17) is 4.74 Å². The van der Waals surface area contributed by atoms with Gasteiger partial charge in [-0.05, 0) is 37.5 Å². The van der Waals surface area contributed by atoms with Crippen molar-refractivity contribution in [3.8, 4) is 11.9 Å².